The lowest BCUT2D eigenvalue weighted by Gasteiger charge is -2.09. The average molecular weight is 252 g/mol. The maximum Gasteiger partial charge on any atom is 0.335 e. The number of carbonyl (C=O) groups excluding carboxylic acids is 1. The van der Waals surface area contributed by atoms with Crippen LogP contribution in [0.3, 0.4) is 0 Å². The second kappa shape index (κ2) is 6.00. The molecule has 1 aromatic heterocycles. The average Bonchev–Trinajstić information content (AvgIpc) is 2.34. The van der Waals surface area contributed by atoms with E-state index in [0.717, 1.165) is 4.57 Å². The second-order valence-corrected chi connectivity index (χ2v) is 3.63. The lowest BCUT2D eigenvalue weighted by molar-refractivity contribution is -0.138. The number of hydrogen-bond donors (Lipinski definition) is 0. The van der Waals surface area contributed by atoms with Gasteiger partial charge in [-0.3, -0.25) is 9.36 Å². The smallest absolute Gasteiger partial charge is 0.335 e. The highest BCUT2D eigenvalue weighted by Gasteiger charge is 2.12. The van der Waals surface area contributed by atoms with Gasteiger partial charge in [-0.05, 0) is 13.8 Å². The van der Waals surface area contributed by atoms with Crippen LogP contribution in [0.1, 0.15) is 13.8 Å². The topological polar surface area (TPSA) is 70.3 Å². The van der Waals surface area contributed by atoms with Gasteiger partial charge in [-0.1, -0.05) is 6.58 Å². The van der Waals surface area contributed by atoms with E-state index in [2.05, 4.69) is 6.58 Å². The molecule has 0 saturated heterocycles. The summed E-state index contributed by atoms with van der Waals surface area (Å²) in [4.78, 5) is 34.8. The number of nitrogens with zero attached hydrogens (tertiary/aromatic N) is 2. The van der Waals surface area contributed by atoms with Crippen LogP contribution in [0.2, 0.25) is 0 Å². The molecule has 1 heterocycles. The number of ether oxygens (including phenoxy) is 1. The predicted octanol–water partition coefficient (Wildman–Crippen LogP) is 0.149. The van der Waals surface area contributed by atoms with E-state index in [1.54, 1.807) is 13.8 Å². The van der Waals surface area contributed by atoms with Gasteiger partial charge in [0.05, 0.1) is 13.2 Å². The monoisotopic (exact) mass is 252 g/mol. The predicted molar refractivity (Wildman–Crippen MR) is 66.4 cm³/mol. The Kier molecular flexibility index (Phi) is 4.65. The Labute approximate surface area is 104 Å². The first-order chi connectivity index (χ1) is 8.51. The van der Waals surface area contributed by atoms with E-state index < -0.39 is 17.2 Å². The third kappa shape index (κ3) is 2.97. The van der Waals surface area contributed by atoms with Gasteiger partial charge in [0.25, 0.3) is 5.56 Å². The molecule has 6 heteroatoms. The summed E-state index contributed by atoms with van der Waals surface area (Å²) in [5.41, 5.74) is -0.851. The maximum atomic E-state index is 11.9. The highest BCUT2D eigenvalue weighted by Crippen LogP contribution is 1.96. The van der Waals surface area contributed by atoms with Crippen LogP contribution in [0.5, 0.6) is 0 Å². The van der Waals surface area contributed by atoms with Gasteiger partial charge in [-0.2, -0.15) is 0 Å². The van der Waals surface area contributed by atoms with Crippen LogP contribution in [0.15, 0.2) is 34.0 Å². The third-order valence-corrected chi connectivity index (χ3v) is 2.39. The Balaban J connectivity index is 3.05. The quantitative estimate of drug-likeness (QED) is 0.552. The summed E-state index contributed by atoms with van der Waals surface area (Å²) in [6.45, 7) is 7.50. The molecule has 0 unspecified atom stereocenters. The number of esters is 1. The van der Waals surface area contributed by atoms with Crippen molar-refractivity contribution < 1.29 is 9.53 Å². The number of hydrogen-bond acceptors (Lipinski definition) is 4. The molecular formula is C12H16N2O4. The van der Waals surface area contributed by atoms with Gasteiger partial charge in [0.15, 0.2) is 0 Å². The van der Waals surface area contributed by atoms with Crippen molar-refractivity contribution in [1.82, 2.24) is 9.13 Å². The summed E-state index contributed by atoms with van der Waals surface area (Å²) < 4.78 is 7.09. The minimum atomic E-state index is -0.601. The maximum absolute atomic E-state index is 11.9. The van der Waals surface area contributed by atoms with Gasteiger partial charge < -0.3 is 9.30 Å². The fraction of sp³-hybridized carbons (Fsp3) is 0.417. The van der Waals surface area contributed by atoms with E-state index in [0.29, 0.717) is 6.54 Å². The van der Waals surface area contributed by atoms with Gasteiger partial charge in [-0.15, -0.1) is 0 Å². The Hall–Kier alpha value is -2.11. The molecule has 0 atom stereocenters. The number of rotatable bonds is 5. The van der Waals surface area contributed by atoms with Crippen LogP contribution in [0.4, 0.5) is 0 Å². The lowest BCUT2D eigenvalue weighted by Crippen LogP contribution is -2.39. The Bertz CT molecular complexity index is 568. The molecule has 0 fully saturated rings. The number of carbonyl (C=O) groups is 1. The molecular weight excluding hydrogens is 236 g/mol. The van der Waals surface area contributed by atoms with Crippen molar-refractivity contribution in [2.45, 2.75) is 26.9 Å². The molecule has 0 N–H and O–H groups in total. The molecule has 0 aliphatic carbocycles. The third-order valence-electron chi connectivity index (χ3n) is 2.39. The van der Waals surface area contributed by atoms with Crippen molar-refractivity contribution in [2.75, 3.05) is 6.61 Å². The van der Waals surface area contributed by atoms with E-state index in [4.69, 9.17) is 4.74 Å². The normalized spacial score (nSPS) is 10.1. The van der Waals surface area contributed by atoms with Gasteiger partial charge >= 0.3 is 11.7 Å². The molecule has 1 rings (SSSR count). The van der Waals surface area contributed by atoms with Crippen molar-refractivity contribution in [3.05, 3.63) is 45.3 Å². The molecule has 1 aromatic rings. The highest BCUT2D eigenvalue weighted by atomic mass is 16.5. The minimum absolute atomic E-state index is 0.0740. The summed E-state index contributed by atoms with van der Waals surface area (Å²) in [5, 5.41) is 0. The molecule has 98 valence electrons. The first-order valence-corrected chi connectivity index (χ1v) is 5.66. The summed E-state index contributed by atoms with van der Waals surface area (Å²) in [5.74, 6) is -0.601. The van der Waals surface area contributed by atoms with Gasteiger partial charge in [0.1, 0.15) is 0 Å². The van der Waals surface area contributed by atoms with Crippen molar-refractivity contribution in [3.63, 3.8) is 0 Å². The summed E-state index contributed by atoms with van der Waals surface area (Å²) in [6, 6.07) is 1.28. The van der Waals surface area contributed by atoms with Crippen LogP contribution in [-0.2, 0) is 22.6 Å². The zero-order valence-corrected chi connectivity index (χ0v) is 10.5. The molecule has 0 spiro atoms. The van der Waals surface area contributed by atoms with Gasteiger partial charge in [0, 0.05) is 24.4 Å². The molecule has 0 amide bonds. The molecule has 0 saturated carbocycles. The fourth-order valence-electron chi connectivity index (χ4n) is 1.43. The molecule has 0 aliphatic rings. The van der Waals surface area contributed by atoms with E-state index in [-0.39, 0.29) is 18.7 Å². The summed E-state index contributed by atoms with van der Waals surface area (Å²) >= 11 is 0. The minimum Gasteiger partial charge on any atom is -0.463 e. The van der Waals surface area contributed by atoms with E-state index in [9.17, 15) is 14.4 Å². The van der Waals surface area contributed by atoms with Gasteiger partial charge in [-0.25, -0.2) is 9.59 Å². The van der Waals surface area contributed by atoms with Crippen LogP contribution < -0.4 is 11.2 Å². The summed E-state index contributed by atoms with van der Waals surface area (Å²) in [6.07, 6.45) is 1.42. The molecule has 0 aromatic carbocycles. The fourth-order valence-corrected chi connectivity index (χ4v) is 1.43. The molecule has 0 aliphatic heterocycles. The van der Waals surface area contributed by atoms with Crippen LogP contribution in [-0.4, -0.2) is 21.7 Å². The molecule has 0 radical (unpaired) electrons. The largest absolute Gasteiger partial charge is 0.463 e. The highest BCUT2D eigenvalue weighted by molar-refractivity contribution is 5.87. The van der Waals surface area contributed by atoms with Crippen molar-refractivity contribution in [1.29, 1.82) is 0 Å². The number of aromatic nitrogens is 2. The first-order valence-electron chi connectivity index (χ1n) is 5.66. The summed E-state index contributed by atoms with van der Waals surface area (Å²) in [7, 11) is 0. The second-order valence-electron chi connectivity index (χ2n) is 3.63. The molecule has 6 nitrogen and oxygen atoms in total. The van der Waals surface area contributed by atoms with Crippen molar-refractivity contribution in [3.8, 4) is 0 Å². The van der Waals surface area contributed by atoms with E-state index in [1.807, 2.05) is 0 Å². The Morgan fingerprint density at radius 2 is 2.06 bits per heavy atom. The molecule has 0 bridgehead atoms. The first kappa shape index (κ1) is 14.0. The Morgan fingerprint density at radius 1 is 1.39 bits per heavy atom. The van der Waals surface area contributed by atoms with E-state index in [1.165, 1.54) is 16.8 Å². The zero-order chi connectivity index (χ0) is 13.7. The van der Waals surface area contributed by atoms with Crippen LogP contribution >= 0.6 is 0 Å². The zero-order valence-electron chi connectivity index (χ0n) is 10.5. The number of aryl methyl sites for hydroxylation is 1. The standard InChI is InChI=1S/C12H16N2O4/c1-4-13-7-6-10(15)14(12(13)17)8-9(3)11(16)18-5-2/h6-7H,3-5,8H2,1-2H3. The van der Waals surface area contributed by atoms with Crippen LogP contribution in [0.25, 0.3) is 0 Å². The van der Waals surface area contributed by atoms with Gasteiger partial charge in [0.2, 0.25) is 0 Å². The van der Waals surface area contributed by atoms with Crippen LogP contribution in [0, 0.1) is 0 Å². The van der Waals surface area contributed by atoms with E-state index >= 15 is 0 Å². The SMILES string of the molecule is C=C(Cn1c(=O)ccn(CC)c1=O)C(=O)OCC. The van der Waals surface area contributed by atoms with Crippen molar-refractivity contribution in [2.24, 2.45) is 0 Å². The van der Waals surface area contributed by atoms with Crippen molar-refractivity contribution >= 4 is 5.97 Å². The molecule has 18 heavy (non-hydrogen) atoms. The Morgan fingerprint density at radius 3 is 2.61 bits per heavy atom. The lowest BCUT2D eigenvalue weighted by atomic mass is 10.3.